The van der Waals surface area contributed by atoms with Gasteiger partial charge in [-0.1, -0.05) is 224 Å². The molecule has 1 aliphatic heterocycles. The fourth-order valence-electron chi connectivity index (χ4n) is 8.73. The molecule has 0 aromatic rings. The van der Waals surface area contributed by atoms with Gasteiger partial charge in [0, 0.05) is 19.3 Å². The highest BCUT2D eigenvalue weighted by atomic mass is 16.7. The highest BCUT2D eigenvalue weighted by Crippen LogP contribution is 2.26. The molecule has 0 spiro atoms. The minimum atomic E-state index is -1.90. The van der Waals surface area contributed by atoms with Crippen LogP contribution in [0.15, 0.2) is 36.5 Å². The van der Waals surface area contributed by atoms with Gasteiger partial charge in [-0.25, -0.2) is 4.79 Å². The molecule has 0 saturated carbocycles. The summed E-state index contributed by atoms with van der Waals surface area (Å²) in [6.45, 7) is 5.94. The van der Waals surface area contributed by atoms with E-state index in [9.17, 15) is 34.5 Å². The second-order valence-electron chi connectivity index (χ2n) is 19.9. The van der Waals surface area contributed by atoms with Gasteiger partial charge in [0.15, 0.2) is 24.6 Å². The molecule has 0 aromatic heterocycles. The number of aliphatic hydroxyl groups is 2. The molecule has 0 aliphatic carbocycles. The summed E-state index contributed by atoms with van der Waals surface area (Å²) in [4.78, 5) is 50.9. The molecule has 6 atom stereocenters. The number of ether oxygens (including phenoxy) is 5. The van der Waals surface area contributed by atoms with Crippen molar-refractivity contribution in [3.8, 4) is 0 Å². The molecular formula is C59H104O12. The van der Waals surface area contributed by atoms with Gasteiger partial charge in [0.05, 0.1) is 6.61 Å². The molecule has 1 rings (SSSR count). The summed E-state index contributed by atoms with van der Waals surface area (Å²) in [6.07, 6.45) is 42.7. The summed E-state index contributed by atoms with van der Waals surface area (Å²) in [7, 11) is 0. The van der Waals surface area contributed by atoms with Crippen molar-refractivity contribution in [3.05, 3.63) is 36.5 Å². The predicted octanol–water partition coefficient (Wildman–Crippen LogP) is 14.5. The first-order valence-corrected chi connectivity index (χ1v) is 29.0. The van der Waals surface area contributed by atoms with Crippen LogP contribution < -0.4 is 0 Å². The minimum Gasteiger partial charge on any atom is -0.479 e. The lowest BCUT2D eigenvalue weighted by Crippen LogP contribution is -2.61. The van der Waals surface area contributed by atoms with Gasteiger partial charge in [0.25, 0.3) is 0 Å². The van der Waals surface area contributed by atoms with Crippen LogP contribution in [0, 0.1) is 0 Å². The molecule has 1 fully saturated rings. The van der Waals surface area contributed by atoms with Crippen LogP contribution in [0.4, 0.5) is 0 Å². The molecule has 12 heteroatoms. The Labute approximate surface area is 431 Å². The Morgan fingerprint density at radius 3 is 1.31 bits per heavy atom. The largest absolute Gasteiger partial charge is 0.479 e. The van der Waals surface area contributed by atoms with Crippen LogP contribution in [-0.4, -0.2) is 89.2 Å². The van der Waals surface area contributed by atoms with Crippen molar-refractivity contribution in [2.24, 2.45) is 0 Å². The van der Waals surface area contributed by atoms with Crippen molar-refractivity contribution in [1.29, 1.82) is 0 Å². The maximum atomic E-state index is 13.1. The number of rotatable bonds is 49. The smallest absolute Gasteiger partial charge is 0.335 e. The molecule has 1 aliphatic rings. The van der Waals surface area contributed by atoms with Crippen molar-refractivity contribution in [1.82, 2.24) is 0 Å². The molecule has 12 nitrogen and oxygen atoms in total. The van der Waals surface area contributed by atoms with Gasteiger partial charge in [-0.15, -0.1) is 0 Å². The number of unbranched alkanes of at least 4 members (excludes halogenated alkanes) is 29. The monoisotopic (exact) mass is 1000 g/mol. The third-order valence-corrected chi connectivity index (χ3v) is 13.2. The van der Waals surface area contributed by atoms with Gasteiger partial charge in [-0.05, 0) is 57.8 Å². The van der Waals surface area contributed by atoms with Crippen molar-refractivity contribution in [3.63, 3.8) is 0 Å². The number of carboxylic acids is 1. The van der Waals surface area contributed by atoms with E-state index in [4.69, 9.17) is 23.7 Å². The summed E-state index contributed by atoms with van der Waals surface area (Å²) in [5, 5.41) is 31.4. The Morgan fingerprint density at radius 1 is 0.465 bits per heavy atom. The van der Waals surface area contributed by atoms with E-state index in [1.165, 1.54) is 109 Å². The number of carbonyl (C=O) groups is 4. The summed E-state index contributed by atoms with van der Waals surface area (Å²) in [6, 6.07) is 0. The van der Waals surface area contributed by atoms with E-state index in [0.717, 1.165) is 96.3 Å². The fourth-order valence-corrected chi connectivity index (χ4v) is 8.73. The quantitative estimate of drug-likeness (QED) is 0.0228. The van der Waals surface area contributed by atoms with Crippen molar-refractivity contribution in [2.75, 3.05) is 13.2 Å². The second-order valence-corrected chi connectivity index (χ2v) is 19.9. The summed E-state index contributed by atoms with van der Waals surface area (Å²) in [5.74, 6) is -3.11. The van der Waals surface area contributed by atoms with Crippen molar-refractivity contribution in [2.45, 2.75) is 302 Å². The Kier molecular flexibility index (Phi) is 44.5. The molecule has 0 aromatic carbocycles. The van der Waals surface area contributed by atoms with Crippen molar-refractivity contribution >= 4 is 23.9 Å². The number of carboxylic acid groups (broad SMARTS) is 1. The molecule has 3 N–H and O–H groups in total. The number of hydrogen-bond acceptors (Lipinski definition) is 11. The number of hydrogen-bond donors (Lipinski definition) is 3. The molecule has 0 radical (unpaired) electrons. The lowest BCUT2D eigenvalue weighted by molar-refractivity contribution is -0.301. The average molecular weight is 1010 g/mol. The molecular weight excluding hydrogens is 901 g/mol. The van der Waals surface area contributed by atoms with Crippen LogP contribution in [0.3, 0.4) is 0 Å². The lowest BCUT2D eigenvalue weighted by atomic mass is 9.98. The lowest BCUT2D eigenvalue weighted by Gasteiger charge is -2.40. The fraction of sp³-hybridized carbons (Fsp3) is 0.831. The van der Waals surface area contributed by atoms with E-state index in [0.29, 0.717) is 19.3 Å². The average Bonchev–Trinajstić information content (AvgIpc) is 3.35. The molecule has 0 bridgehead atoms. The molecule has 1 saturated heterocycles. The topological polar surface area (TPSA) is 175 Å². The van der Waals surface area contributed by atoms with Gasteiger partial charge < -0.3 is 39.0 Å². The minimum absolute atomic E-state index is 0.0640. The van der Waals surface area contributed by atoms with Gasteiger partial charge in [0.2, 0.25) is 0 Å². The normalized spacial score (nSPS) is 18.7. The highest BCUT2D eigenvalue weighted by molar-refractivity contribution is 5.74. The number of aliphatic carboxylic acids is 1. The van der Waals surface area contributed by atoms with Crippen LogP contribution in [0.2, 0.25) is 0 Å². The van der Waals surface area contributed by atoms with Crippen LogP contribution in [0.5, 0.6) is 0 Å². The molecule has 71 heavy (non-hydrogen) atoms. The third kappa shape index (κ3) is 38.2. The molecule has 1 heterocycles. The van der Waals surface area contributed by atoms with Crippen molar-refractivity contribution < 1.29 is 58.2 Å². The molecule has 412 valence electrons. The van der Waals surface area contributed by atoms with E-state index in [1.54, 1.807) is 0 Å². The first-order chi connectivity index (χ1) is 34.6. The first-order valence-electron chi connectivity index (χ1n) is 29.0. The predicted molar refractivity (Wildman–Crippen MR) is 285 cm³/mol. The summed E-state index contributed by atoms with van der Waals surface area (Å²) in [5.41, 5.74) is 0. The summed E-state index contributed by atoms with van der Waals surface area (Å²) >= 11 is 0. The second kappa shape index (κ2) is 47.9. The van der Waals surface area contributed by atoms with Gasteiger partial charge in [0.1, 0.15) is 18.8 Å². The zero-order valence-electron chi connectivity index (χ0n) is 45.2. The van der Waals surface area contributed by atoms with E-state index in [2.05, 4.69) is 57.2 Å². The number of allylic oxidation sites excluding steroid dienone is 6. The van der Waals surface area contributed by atoms with Gasteiger partial charge >= 0.3 is 23.9 Å². The third-order valence-electron chi connectivity index (χ3n) is 13.2. The maximum Gasteiger partial charge on any atom is 0.335 e. The summed E-state index contributed by atoms with van der Waals surface area (Å²) < 4.78 is 28.4. The van der Waals surface area contributed by atoms with Gasteiger partial charge in [-0.3, -0.25) is 14.4 Å². The van der Waals surface area contributed by atoms with E-state index in [1.807, 2.05) is 0 Å². The van der Waals surface area contributed by atoms with Gasteiger partial charge in [-0.2, -0.15) is 0 Å². The number of esters is 3. The van der Waals surface area contributed by atoms with Crippen LogP contribution in [0.1, 0.15) is 265 Å². The van der Waals surface area contributed by atoms with E-state index < -0.39 is 67.3 Å². The standard InChI is InChI=1S/C59H104O12/c1-4-7-10-13-16-19-22-23-24-25-26-27-28-29-32-33-36-39-42-45-51(60)67-48-50(69-52(61)46-43-40-37-34-30-20-17-14-11-8-5-2)49-68-59-57(55(64)54(63)56(71-59)58(65)66)70-53(62)47-44-41-38-35-31-21-18-15-12-9-6-3/h16,19,23-24,26-27,50,54-57,59,63-64H,4-15,17-18,20-22,25,28-49H2,1-3H3,(H,65,66)/b19-16-,24-23-,27-26-. The SMILES string of the molecule is CCCCC/C=C\C/C=C\C/C=C\CCCCCCCCC(=O)OCC(COC1OC(C(=O)O)C(O)C(O)C1OC(=O)CCCCCCCCCCCCC)OC(=O)CCCCCCCCCCCCC. The Bertz CT molecular complexity index is 1380. The molecule has 6 unspecified atom stereocenters. The number of aliphatic hydroxyl groups excluding tert-OH is 2. The Balaban J connectivity index is 2.66. The first kappa shape index (κ1) is 66.0. The Hall–Kier alpha value is -3.06. The van der Waals surface area contributed by atoms with E-state index >= 15 is 0 Å². The number of carbonyl (C=O) groups excluding carboxylic acids is 3. The van der Waals surface area contributed by atoms with E-state index in [-0.39, 0.29) is 25.9 Å². The Morgan fingerprint density at radius 2 is 0.845 bits per heavy atom. The zero-order chi connectivity index (χ0) is 51.8. The van der Waals surface area contributed by atoms with Crippen LogP contribution in [-0.2, 0) is 42.9 Å². The van der Waals surface area contributed by atoms with Crippen LogP contribution in [0.25, 0.3) is 0 Å². The zero-order valence-corrected chi connectivity index (χ0v) is 45.2. The maximum absolute atomic E-state index is 13.1. The highest BCUT2D eigenvalue weighted by Gasteiger charge is 2.50. The van der Waals surface area contributed by atoms with Crippen LogP contribution >= 0.6 is 0 Å². The molecule has 0 amide bonds.